The van der Waals surface area contributed by atoms with Crippen LogP contribution >= 0.6 is 0 Å². The first-order valence-corrected chi connectivity index (χ1v) is 13.3. The topological polar surface area (TPSA) is 60.3 Å². The van der Waals surface area contributed by atoms with Gasteiger partial charge in [-0.2, -0.15) is 0 Å². The first-order chi connectivity index (χ1) is 14.6. The summed E-state index contributed by atoms with van der Waals surface area (Å²) in [6.45, 7) is 17.4. The van der Waals surface area contributed by atoms with Gasteiger partial charge in [0.25, 0.3) is 0 Å². The number of oxime groups is 1. The van der Waals surface area contributed by atoms with Gasteiger partial charge in [0, 0.05) is 16.7 Å². The van der Waals surface area contributed by atoms with Gasteiger partial charge in [-0.3, -0.25) is 0 Å². The molecule has 5 nitrogen and oxygen atoms in total. The maximum Gasteiger partial charge on any atom is 0.192 e. The van der Waals surface area contributed by atoms with Crippen molar-refractivity contribution in [3.63, 3.8) is 0 Å². The van der Waals surface area contributed by atoms with Gasteiger partial charge >= 0.3 is 0 Å². The Kier molecular flexibility index (Phi) is 8.09. The first-order valence-electron chi connectivity index (χ1n) is 10.4. The van der Waals surface area contributed by atoms with Gasteiger partial charge in [-0.1, -0.05) is 68.9 Å². The normalized spacial score (nSPS) is 12.5. The van der Waals surface area contributed by atoms with Gasteiger partial charge in [0.1, 0.15) is 23.8 Å². The Labute approximate surface area is 187 Å². The highest BCUT2D eigenvalue weighted by molar-refractivity contribution is 6.74. The molecular formula is C25H35NO4Si. The van der Waals surface area contributed by atoms with Crippen molar-refractivity contribution in [2.24, 2.45) is 5.16 Å². The van der Waals surface area contributed by atoms with Gasteiger partial charge in [0.05, 0.1) is 13.7 Å². The third-order valence-corrected chi connectivity index (χ3v) is 10.5. The number of methoxy groups -OCH3 is 1. The Hall–Kier alpha value is -2.57. The van der Waals surface area contributed by atoms with E-state index in [9.17, 15) is 5.21 Å². The van der Waals surface area contributed by atoms with Gasteiger partial charge in [-0.05, 0) is 36.7 Å². The van der Waals surface area contributed by atoms with Crippen molar-refractivity contribution < 1.29 is 19.1 Å². The zero-order valence-corrected chi connectivity index (χ0v) is 20.8. The molecule has 0 heterocycles. The summed E-state index contributed by atoms with van der Waals surface area (Å²) in [7, 11) is -0.417. The Morgan fingerprint density at radius 1 is 1.19 bits per heavy atom. The summed E-state index contributed by atoms with van der Waals surface area (Å²) >= 11 is 0. The summed E-state index contributed by atoms with van der Waals surface area (Å²) in [5, 5.41) is 13.5. The molecule has 0 radical (unpaired) electrons. The number of benzene rings is 2. The average molecular weight is 442 g/mol. The Morgan fingerprint density at radius 3 is 2.35 bits per heavy atom. The highest BCUT2D eigenvalue weighted by atomic mass is 28.4. The van der Waals surface area contributed by atoms with Crippen LogP contribution in [0.25, 0.3) is 6.08 Å². The van der Waals surface area contributed by atoms with Crippen LogP contribution < -0.4 is 9.47 Å². The molecule has 31 heavy (non-hydrogen) atoms. The van der Waals surface area contributed by atoms with E-state index in [-0.39, 0.29) is 11.6 Å². The molecular weight excluding hydrogens is 406 g/mol. The summed E-state index contributed by atoms with van der Waals surface area (Å²) < 4.78 is 18.1. The second-order valence-corrected chi connectivity index (χ2v) is 13.9. The predicted molar refractivity (Wildman–Crippen MR) is 130 cm³/mol. The molecule has 0 aliphatic heterocycles. The molecule has 0 aliphatic rings. The zero-order valence-electron chi connectivity index (χ0n) is 19.8. The predicted octanol–water partition coefficient (Wildman–Crippen LogP) is 6.43. The number of hydrogen-bond acceptors (Lipinski definition) is 5. The van der Waals surface area contributed by atoms with Gasteiger partial charge in [-0.15, -0.1) is 0 Å². The zero-order chi connectivity index (χ0) is 23.2. The minimum Gasteiger partial charge on any atom is -0.496 e. The number of nitrogens with zero attached hydrogens (tertiary/aromatic N) is 1. The summed E-state index contributed by atoms with van der Waals surface area (Å²) in [5.74, 6) is 1.30. The molecule has 0 atom stereocenters. The SMILES string of the molecule is C=Cc1c(/C(CO[Si](C)(C)C(C)(C)C)=N/O)cc(OC)c(C)c1OCc1ccccc1. The maximum atomic E-state index is 9.84. The van der Waals surface area contributed by atoms with Gasteiger partial charge in [0.15, 0.2) is 8.32 Å². The molecule has 2 aromatic carbocycles. The van der Waals surface area contributed by atoms with Crippen LogP contribution in [0.4, 0.5) is 0 Å². The van der Waals surface area contributed by atoms with E-state index in [0.29, 0.717) is 29.4 Å². The molecule has 0 aromatic heterocycles. The second kappa shape index (κ2) is 10.2. The molecule has 168 valence electrons. The monoisotopic (exact) mass is 441 g/mol. The number of ether oxygens (including phenoxy) is 2. The fourth-order valence-corrected chi connectivity index (χ4v) is 3.88. The van der Waals surface area contributed by atoms with Gasteiger partial charge in [-0.25, -0.2) is 0 Å². The third-order valence-electron chi connectivity index (χ3n) is 5.98. The molecule has 0 aliphatic carbocycles. The van der Waals surface area contributed by atoms with Crippen LogP contribution in [-0.2, 0) is 11.0 Å². The van der Waals surface area contributed by atoms with Gasteiger partial charge in [0.2, 0.25) is 0 Å². The first kappa shape index (κ1) is 24.7. The van der Waals surface area contributed by atoms with Crippen molar-refractivity contribution in [2.45, 2.75) is 52.4 Å². The minimum atomic E-state index is -2.03. The second-order valence-electron chi connectivity index (χ2n) is 9.07. The summed E-state index contributed by atoms with van der Waals surface area (Å²) in [6.07, 6.45) is 1.72. The van der Waals surface area contributed by atoms with Crippen LogP contribution in [0.3, 0.4) is 0 Å². The van der Waals surface area contributed by atoms with Crippen LogP contribution in [0, 0.1) is 6.92 Å². The van der Waals surface area contributed by atoms with E-state index >= 15 is 0 Å². The summed E-state index contributed by atoms with van der Waals surface area (Å²) in [5.41, 5.74) is 3.77. The van der Waals surface area contributed by atoms with E-state index in [1.54, 1.807) is 13.2 Å². The standard InChI is InChI=1S/C25H35NO4Si/c1-9-20-21(22(26-27)17-30-31(7,8)25(3,4)5)15-23(28-6)18(2)24(20)29-16-19-13-11-10-12-14-19/h9-15,27H,1,16-17H2,2-8H3/b26-22+. The van der Waals surface area contributed by atoms with E-state index in [4.69, 9.17) is 13.9 Å². The highest BCUT2D eigenvalue weighted by Crippen LogP contribution is 2.38. The summed E-state index contributed by atoms with van der Waals surface area (Å²) in [4.78, 5) is 0. The van der Waals surface area contributed by atoms with Crippen molar-refractivity contribution >= 4 is 20.1 Å². The smallest absolute Gasteiger partial charge is 0.192 e. The van der Waals surface area contributed by atoms with Crippen LogP contribution in [0.5, 0.6) is 11.5 Å². The largest absolute Gasteiger partial charge is 0.496 e. The Bertz CT molecular complexity index is 931. The molecule has 1 N–H and O–H groups in total. The number of hydrogen-bond donors (Lipinski definition) is 1. The van der Waals surface area contributed by atoms with Crippen LogP contribution in [-0.4, -0.2) is 33.0 Å². The molecule has 0 saturated heterocycles. The molecule has 0 amide bonds. The lowest BCUT2D eigenvalue weighted by molar-refractivity contribution is 0.297. The van der Waals surface area contributed by atoms with Crippen LogP contribution in [0.1, 0.15) is 43.0 Å². The minimum absolute atomic E-state index is 0.0454. The number of rotatable bonds is 9. The summed E-state index contributed by atoms with van der Waals surface area (Å²) in [6, 6.07) is 11.8. The molecule has 0 spiro atoms. The average Bonchev–Trinajstić information content (AvgIpc) is 2.73. The van der Waals surface area contributed by atoms with E-state index in [2.05, 4.69) is 45.6 Å². The highest BCUT2D eigenvalue weighted by Gasteiger charge is 2.37. The lowest BCUT2D eigenvalue weighted by atomic mass is 9.98. The lowest BCUT2D eigenvalue weighted by Crippen LogP contribution is -2.42. The third kappa shape index (κ3) is 5.77. The fraction of sp³-hybridized carbons (Fsp3) is 0.400. The van der Waals surface area contributed by atoms with Crippen LogP contribution in [0.15, 0.2) is 48.1 Å². The molecule has 2 rings (SSSR count). The molecule has 2 aromatic rings. The molecule has 0 saturated carbocycles. The quantitative estimate of drug-likeness (QED) is 0.211. The maximum absolute atomic E-state index is 9.84. The molecule has 0 unspecified atom stereocenters. The van der Waals surface area contributed by atoms with Crippen molar-refractivity contribution in [1.29, 1.82) is 0 Å². The van der Waals surface area contributed by atoms with E-state index < -0.39 is 8.32 Å². The van der Waals surface area contributed by atoms with Crippen molar-refractivity contribution in [3.05, 3.63) is 65.2 Å². The van der Waals surface area contributed by atoms with Crippen LogP contribution in [0.2, 0.25) is 18.1 Å². The molecule has 6 heteroatoms. The van der Waals surface area contributed by atoms with Crippen molar-refractivity contribution in [3.8, 4) is 11.5 Å². The van der Waals surface area contributed by atoms with E-state index in [1.165, 1.54) is 0 Å². The van der Waals surface area contributed by atoms with Gasteiger partial charge < -0.3 is 19.1 Å². The van der Waals surface area contributed by atoms with Crippen molar-refractivity contribution in [2.75, 3.05) is 13.7 Å². The van der Waals surface area contributed by atoms with Crippen molar-refractivity contribution in [1.82, 2.24) is 0 Å². The fourth-order valence-electron chi connectivity index (χ4n) is 2.95. The van der Waals surface area contributed by atoms with E-state index in [0.717, 1.165) is 16.7 Å². The lowest BCUT2D eigenvalue weighted by Gasteiger charge is -2.36. The van der Waals surface area contributed by atoms with E-state index in [1.807, 2.05) is 43.3 Å². The molecule has 0 bridgehead atoms. The Morgan fingerprint density at radius 2 is 1.84 bits per heavy atom. The Balaban J connectivity index is 2.44. The molecule has 0 fully saturated rings.